The fourth-order valence-corrected chi connectivity index (χ4v) is 10.1. The first-order valence-corrected chi connectivity index (χ1v) is 10.9. The van der Waals surface area contributed by atoms with Gasteiger partial charge in [0.25, 0.3) is 0 Å². The van der Waals surface area contributed by atoms with E-state index in [4.69, 9.17) is 0 Å². The van der Waals surface area contributed by atoms with E-state index in [9.17, 15) is 0 Å². The monoisotopic (exact) mass is 402 g/mol. The van der Waals surface area contributed by atoms with Gasteiger partial charge in [0.1, 0.15) is 0 Å². The van der Waals surface area contributed by atoms with E-state index in [0.29, 0.717) is 11.8 Å². The normalized spacial score (nSPS) is 23.4. The summed E-state index contributed by atoms with van der Waals surface area (Å²) in [6, 6.07) is 0. The second kappa shape index (κ2) is 8.67. The van der Waals surface area contributed by atoms with Crippen molar-refractivity contribution in [2.75, 3.05) is 0 Å². The zero-order valence-electron chi connectivity index (χ0n) is 16.9. The van der Waals surface area contributed by atoms with Gasteiger partial charge in [-0.3, -0.25) is 0 Å². The maximum Gasteiger partial charge on any atom is -1.00 e. The van der Waals surface area contributed by atoms with E-state index in [1.165, 1.54) is 0 Å². The SMILES string of the molecule is CC1=C(C)C(C)[C]([Ti+2]([C]2=C(C)C(C)=C(C)C2C)=[C](C)C)=C1C.[Cl-].[Cl-]. The van der Waals surface area contributed by atoms with Crippen molar-refractivity contribution in [1.29, 1.82) is 0 Å². The molecule has 24 heavy (non-hydrogen) atoms. The van der Waals surface area contributed by atoms with Crippen molar-refractivity contribution < 1.29 is 42.2 Å². The maximum atomic E-state index is 2.43. The first kappa shape index (κ1) is 24.1. The molecule has 2 aliphatic rings. The van der Waals surface area contributed by atoms with Gasteiger partial charge in [0, 0.05) is 0 Å². The summed E-state index contributed by atoms with van der Waals surface area (Å²) < 4.78 is 5.34. The Bertz CT molecular complexity index is 641. The largest absolute Gasteiger partial charge is 1.00 e. The molecule has 0 radical (unpaired) electrons. The topological polar surface area (TPSA) is 0 Å². The molecule has 2 aliphatic carbocycles. The summed E-state index contributed by atoms with van der Waals surface area (Å²) in [6.45, 7) is 23.7. The summed E-state index contributed by atoms with van der Waals surface area (Å²) in [5.74, 6) is 1.30. The Morgan fingerprint density at radius 2 is 0.917 bits per heavy atom. The summed E-state index contributed by atoms with van der Waals surface area (Å²) in [7, 11) is 0. The molecule has 0 saturated carbocycles. The summed E-state index contributed by atoms with van der Waals surface area (Å²) in [6.07, 6.45) is 0. The molecule has 0 bridgehead atoms. The number of hydrogen-bond acceptors (Lipinski definition) is 0. The fraction of sp³-hybridized carbons (Fsp3) is 0.571. The summed E-state index contributed by atoms with van der Waals surface area (Å²) in [4.78, 5) is 0. The van der Waals surface area contributed by atoms with E-state index in [2.05, 4.69) is 69.2 Å². The van der Waals surface area contributed by atoms with Crippen molar-refractivity contribution in [1.82, 2.24) is 0 Å². The predicted octanol–water partition coefficient (Wildman–Crippen LogP) is 0.345. The van der Waals surface area contributed by atoms with Crippen LogP contribution in [0.2, 0.25) is 0 Å². The molecule has 3 heteroatoms. The van der Waals surface area contributed by atoms with Crippen molar-refractivity contribution in [2.24, 2.45) is 11.8 Å². The smallest absolute Gasteiger partial charge is 1.00 e. The van der Waals surface area contributed by atoms with Crippen LogP contribution in [-0.4, -0.2) is 3.81 Å². The molecule has 0 nitrogen and oxygen atoms in total. The van der Waals surface area contributed by atoms with Crippen LogP contribution < -0.4 is 24.8 Å². The van der Waals surface area contributed by atoms with Crippen LogP contribution in [-0.2, 0) is 17.4 Å². The van der Waals surface area contributed by atoms with Gasteiger partial charge in [0.2, 0.25) is 0 Å². The molecular formula is C21H32Cl2Ti. The molecule has 0 aromatic heterocycles. The van der Waals surface area contributed by atoms with Gasteiger partial charge in [-0.2, -0.15) is 0 Å². The molecule has 0 aromatic rings. The molecule has 0 amide bonds. The quantitative estimate of drug-likeness (QED) is 0.584. The summed E-state index contributed by atoms with van der Waals surface area (Å²) >= 11 is -1.55. The Morgan fingerprint density at radius 1 is 0.625 bits per heavy atom. The maximum absolute atomic E-state index is 2.43. The van der Waals surface area contributed by atoms with E-state index in [1.54, 1.807) is 37.3 Å². The molecule has 0 saturated heterocycles. The molecule has 0 N–H and O–H groups in total. The van der Waals surface area contributed by atoms with Crippen LogP contribution in [0.4, 0.5) is 0 Å². The Labute approximate surface area is 167 Å². The van der Waals surface area contributed by atoms with Gasteiger partial charge in [0.15, 0.2) is 0 Å². The second-order valence-corrected chi connectivity index (χ2v) is 11.9. The molecule has 0 heterocycles. The van der Waals surface area contributed by atoms with Crippen LogP contribution in [0.5, 0.6) is 0 Å². The Morgan fingerprint density at radius 3 is 1.08 bits per heavy atom. The van der Waals surface area contributed by atoms with Gasteiger partial charge in [-0.05, 0) is 0 Å². The van der Waals surface area contributed by atoms with E-state index >= 15 is 0 Å². The van der Waals surface area contributed by atoms with Crippen LogP contribution in [0.3, 0.4) is 0 Å². The van der Waals surface area contributed by atoms with E-state index in [1.807, 2.05) is 7.76 Å². The summed E-state index contributed by atoms with van der Waals surface area (Å²) in [5, 5.41) is 0. The minimum atomic E-state index is -1.55. The van der Waals surface area contributed by atoms with Gasteiger partial charge in [0.05, 0.1) is 0 Å². The fourth-order valence-electron chi connectivity index (χ4n) is 4.22. The van der Waals surface area contributed by atoms with Crippen LogP contribution in [0.25, 0.3) is 0 Å². The number of halogens is 2. The van der Waals surface area contributed by atoms with Crippen LogP contribution >= 0.6 is 0 Å². The van der Waals surface area contributed by atoms with Crippen molar-refractivity contribution in [2.45, 2.75) is 69.2 Å². The van der Waals surface area contributed by atoms with Gasteiger partial charge in [-0.15, -0.1) is 0 Å². The van der Waals surface area contributed by atoms with Crippen LogP contribution in [0.15, 0.2) is 41.2 Å². The minimum absolute atomic E-state index is 0. The standard InChI is InChI=1S/2C9H13.C3H6.2ClH.Ti/c2*1-6-5-7(2)9(4)8(6)3;1-3-2;;;/h2*6H,1-4H3;1-2H3;2*1H;/q;;;;;+2/p-2. The first-order valence-electron chi connectivity index (χ1n) is 8.56. The number of hydrogen-bond donors (Lipinski definition) is 0. The van der Waals surface area contributed by atoms with Gasteiger partial charge in [-0.1, -0.05) is 0 Å². The zero-order valence-corrected chi connectivity index (χ0v) is 20.0. The van der Waals surface area contributed by atoms with E-state index in [-0.39, 0.29) is 24.8 Å². The Kier molecular flexibility index (Phi) is 8.72. The van der Waals surface area contributed by atoms with Crippen molar-refractivity contribution in [3.8, 4) is 0 Å². The van der Waals surface area contributed by atoms with Gasteiger partial charge >= 0.3 is 143 Å². The number of rotatable bonds is 2. The molecule has 2 atom stereocenters. The summed E-state index contributed by atoms with van der Waals surface area (Å²) in [5.41, 5.74) is 9.53. The third kappa shape index (κ3) is 3.63. The molecule has 0 spiro atoms. The average Bonchev–Trinajstić information content (AvgIpc) is 2.76. The molecule has 0 aromatic carbocycles. The molecule has 134 valence electrons. The van der Waals surface area contributed by atoms with Crippen molar-refractivity contribution in [3.05, 3.63) is 41.2 Å². The molecule has 2 rings (SSSR count). The zero-order chi connectivity index (χ0) is 16.9. The second-order valence-electron chi connectivity index (χ2n) is 7.51. The van der Waals surface area contributed by atoms with E-state index < -0.39 is 17.4 Å². The van der Waals surface area contributed by atoms with Crippen LogP contribution in [0, 0.1) is 11.8 Å². The third-order valence-electron chi connectivity index (χ3n) is 6.32. The third-order valence-corrected chi connectivity index (χ3v) is 12.1. The van der Waals surface area contributed by atoms with E-state index in [0.717, 1.165) is 0 Å². The van der Waals surface area contributed by atoms with Gasteiger partial charge in [-0.25, -0.2) is 0 Å². The molecule has 0 aliphatic heterocycles. The van der Waals surface area contributed by atoms with Crippen molar-refractivity contribution >= 4 is 3.81 Å². The molecular weight excluding hydrogens is 371 g/mol. The van der Waals surface area contributed by atoms with Gasteiger partial charge < -0.3 is 24.8 Å². The predicted molar refractivity (Wildman–Crippen MR) is 96.8 cm³/mol. The average molecular weight is 403 g/mol. The number of allylic oxidation sites excluding steroid dienone is 8. The van der Waals surface area contributed by atoms with Crippen molar-refractivity contribution in [3.63, 3.8) is 0 Å². The van der Waals surface area contributed by atoms with Crippen LogP contribution in [0.1, 0.15) is 69.2 Å². The Hall–Kier alpha value is 0.124. The molecule has 0 fully saturated rings. The first-order chi connectivity index (χ1) is 10.1. The molecule has 2 unspecified atom stereocenters. The minimum Gasteiger partial charge on any atom is -1.00 e. The Balaban J connectivity index is 0.00000264.